The highest BCUT2D eigenvalue weighted by Gasteiger charge is 2.41. The van der Waals surface area contributed by atoms with Gasteiger partial charge in [-0.25, -0.2) is 0 Å². The average Bonchev–Trinajstić information content (AvgIpc) is 2.25. The molecule has 0 radical (unpaired) electrons. The van der Waals surface area contributed by atoms with Crippen LogP contribution in [-0.4, -0.2) is 36.1 Å². The van der Waals surface area contributed by atoms with Gasteiger partial charge in [-0.1, -0.05) is 0 Å². The lowest BCUT2D eigenvalue weighted by Crippen LogP contribution is -2.42. The Morgan fingerprint density at radius 1 is 1.39 bits per heavy atom. The summed E-state index contributed by atoms with van der Waals surface area (Å²) in [4.78, 5) is 13.2. The molecule has 1 fully saturated rings. The zero-order chi connectivity index (χ0) is 13.1. The van der Waals surface area contributed by atoms with Gasteiger partial charge in [0.2, 0.25) is 5.91 Å². The highest BCUT2D eigenvalue weighted by Crippen LogP contribution is 2.34. The molecule has 108 valence electrons. The van der Waals surface area contributed by atoms with Crippen LogP contribution in [-0.2, 0) is 4.79 Å². The summed E-state index contributed by atoms with van der Waals surface area (Å²) in [6.45, 7) is 2.23. The molecule has 0 aromatic rings. The van der Waals surface area contributed by atoms with E-state index in [1.807, 2.05) is 6.92 Å². The van der Waals surface area contributed by atoms with Crippen LogP contribution in [0.15, 0.2) is 0 Å². The van der Waals surface area contributed by atoms with E-state index >= 15 is 0 Å². The second kappa shape index (κ2) is 7.19. The first-order valence-electron chi connectivity index (χ1n) is 5.90. The van der Waals surface area contributed by atoms with Crippen LogP contribution in [0, 0.1) is 5.92 Å². The van der Waals surface area contributed by atoms with Crippen molar-refractivity contribution in [1.82, 2.24) is 4.90 Å². The number of halogens is 4. The van der Waals surface area contributed by atoms with Crippen LogP contribution in [0.5, 0.6) is 0 Å². The zero-order valence-electron chi connectivity index (χ0n) is 10.4. The van der Waals surface area contributed by atoms with Crippen LogP contribution in [0.1, 0.15) is 32.6 Å². The van der Waals surface area contributed by atoms with Gasteiger partial charge in [-0.05, 0) is 26.2 Å². The number of hydrogen-bond acceptors (Lipinski definition) is 2. The fourth-order valence-electron chi connectivity index (χ4n) is 1.97. The largest absolute Gasteiger partial charge is 0.391 e. The molecule has 1 aliphatic heterocycles. The normalized spacial score (nSPS) is 19.3. The van der Waals surface area contributed by atoms with Gasteiger partial charge in [-0.3, -0.25) is 4.79 Å². The van der Waals surface area contributed by atoms with E-state index in [2.05, 4.69) is 0 Å². The fourth-order valence-corrected chi connectivity index (χ4v) is 1.97. The van der Waals surface area contributed by atoms with Crippen LogP contribution in [0.4, 0.5) is 13.2 Å². The van der Waals surface area contributed by atoms with E-state index in [-0.39, 0.29) is 50.3 Å². The van der Waals surface area contributed by atoms with Crippen molar-refractivity contribution in [1.29, 1.82) is 0 Å². The van der Waals surface area contributed by atoms with Crippen LogP contribution < -0.4 is 5.73 Å². The molecule has 1 saturated heterocycles. The van der Waals surface area contributed by atoms with Crippen molar-refractivity contribution in [3.63, 3.8) is 0 Å². The molecule has 0 aromatic carbocycles. The quantitative estimate of drug-likeness (QED) is 0.866. The van der Waals surface area contributed by atoms with Crippen molar-refractivity contribution in [2.24, 2.45) is 11.7 Å². The number of piperidine rings is 1. The Kier molecular flexibility index (Phi) is 6.99. The summed E-state index contributed by atoms with van der Waals surface area (Å²) in [6.07, 6.45) is -3.17. The average molecular weight is 289 g/mol. The maximum atomic E-state index is 12.4. The second-order valence-electron chi connectivity index (χ2n) is 4.71. The van der Waals surface area contributed by atoms with Gasteiger partial charge in [0.05, 0.1) is 5.92 Å². The van der Waals surface area contributed by atoms with E-state index in [0.29, 0.717) is 12.8 Å². The number of carbonyl (C=O) groups excluding carboxylic acids is 1. The number of likely N-dealkylation sites (tertiary alicyclic amines) is 1. The van der Waals surface area contributed by atoms with Crippen molar-refractivity contribution in [2.45, 2.75) is 44.8 Å². The number of nitrogens with two attached hydrogens (primary N) is 1. The van der Waals surface area contributed by atoms with Crippen molar-refractivity contribution < 1.29 is 18.0 Å². The van der Waals surface area contributed by atoms with Gasteiger partial charge in [-0.15, -0.1) is 12.4 Å². The predicted octanol–water partition coefficient (Wildman–Crippen LogP) is 2.34. The van der Waals surface area contributed by atoms with Crippen LogP contribution in [0.2, 0.25) is 0 Å². The minimum atomic E-state index is -4.12. The number of hydrogen-bond donors (Lipinski definition) is 1. The van der Waals surface area contributed by atoms with E-state index in [9.17, 15) is 18.0 Å². The summed E-state index contributed by atoms with van der Waals surface area (Å²) in [7, 11) is 0. The van der Waals surface area contributed by atoms with Crippen molar-refractivity contribution in [2.75, 3.05) is 13.1 Å². The monoisotopic (exact) mass is 288 g/mol. The first-order valence-corrected chi connectivity index (χ1v) is 5.90. The third-order valence-corrected chi connectivity index (χ3v) is 3.12. The Hall–Kier alpha value is -0.490. The van der Waals surface area contributed by atoms with Gasteiger partial charge < -0.3 is 10.6 Å². The summed E-state index contributed by atoms with van der Waals surface area (Å²) < 4.78 is 37.2. The second-order valence-corrected chi connectivity index (χ2v) is 4.71. The van der Waals surface area contributed by atoms with Crippen molar-refractivity contribution >= 4 is 18.3 Å². The van der Waals surface area contributed by atoms with Gasteiger partial charge in [0.15, 0.2) is 0 Å². The first kappa shape index (κ1) is 17.5. The van der Waals surface area contributed by atoms with Gasteiger partial charge in [0.1, 0.15) is 0 Å². The Labute approximate surface area is 111 Å². The van der Waals surface area contributed by atoms with Crippen molar-refractivity contribution in [3.05, 3.63) is 0 Å². The molecule has 3 nitrogen and oxygen atoms in total. The molecular weight excluding hydrogens is 269 g/mol. The number of amides is 1. The molecule has 18 heavy (non-hydrogen) atoms. The van der Waals surface area contributed by atoms with Crippen LogP contribution >= 0.6 is 12.4 Å². The molecule has 7 heteroatoms. The lowest BCUT2D eigenvalue weighted by molar-refractivity contribution is -0.186. The molecule has 1 amide bonds. The SMILES string of the molecule is CC(N)CCC(=O)N1CCC(C(F)(F)F)CC1.Cl. The highest BCUT2D eigenvalue weighted by atomic mass is 35.5. The van der Waals surface area contributed by atoms with Crippen LogP contribution in [0.3, 0.4) is 0 Å². The fraction of sp³-hybridized carbons (Fsp3) is 0.909. The molecule has 1 unspecified atom stereocenters. The molecule has 0 aliphatic carbocycles. The standard InChI is InChI=1S/C11H19F3N2O.ClH/c1-8(15)2-3-10(17)16-6-4-9(5-7-16)11(12,13)14;/h8-9H,2-7,15H2,1H3;1H. The molecule has 1 rings (SSSR count). The van der Waals surface area contributed by atoms with E-state index in [4.69, 9.17) is 5.73 Å². The molecule has 0 aromatic heterocycles. The number of nitrogens with zero attached hydrogens (tertiary/aromatic N) is 1. The van der Waals surface area contributed by atoms with Gasteiger partial charge in [0.25, 0.3) is 0 Å². The van der Waals surface area contributed by atoms with E-state index in [1.165, 1.54) is 4.90 Å². The van der Waals surface area contributed by atoms with Gasteiger partial charge in [-0.2, -0.15) is 13.2 Å². The van der Waals surface area contributed by atoms with E-state index in [0.717, 1.165) is 0 Å². The predicted molar refractivity (Wildman–Crippen MR) is 65.5 cm³/mol. The van der Waals surface area contributed by atoms with Crippen LogP contribution in [0.25, 0.3) is 0 Å². The lowest BCUT2D eigenvalue weighted by atomic mass is 9.96. The number of rotatable bonds is 3. The smallest absolute Gasteiger partial charge is 0.343 e. The minimum absolute atomic E-state index is 0. The third kappa shape index (κ3) is 5.44. The molecule has 1 heterocycles. The summed E-state index contributed by atoms with van der Waals surface area (Å²) in [5, 5.41) is 0. The zero-order valence-corrected chi connectivity index (χ0v) is 11.2. The molecule has 0 saturated carbocycles. The van der Waals surface area contributed by atoms with Crippen molar-refractivity contribution in [3.8, 4) is 0 Å². The Balaban J connectivity index is 0.00000289. The molecular formula is C11H20ClF3N2O. The Morgan fingerprint density at radius 2 is 1.89 bits per heavy atom. The van der Waals surface area contributed by atoms with Gasteiger partial charge in [0, 0.05) is 25.6 Å². The van der Waals surface area contributed by atoms with Gasteiger partial charge >= 0.3 is 6.18 Å². The molecule has 2 N–H and O–H groups in total. The Bertz CT molecular complexity index is 264. The summed E-state index contributed by atoms with van der Waals surface area (Å²) in [5.74, 6) is -1.33. The van der Waals surface area contributed by atoms with E-state index in [1.54, 1.807) is 0 Å². The topological polar surface area (TPSA) is 46.3 Å². The third-order valence-electron chi connectivity index (χ3n) is 3.12. The maximum Gasteiger partial charge on any atom is 0.391 e. The number of alkyl halides is 3. The molecule has 0 spiro atoms. The summed E-state index contributed by atoms with van der Waals surface area (Å²) in [5.41, 5.74) is 5.53. The molecule has 0 bridgehead atoms. The lowest BCUT2D eigenvalue weighted by Gasteiger charge is -2.33. The first-order chi connectivity index (χ1) is 7.80. The highest BCUT2D eigenvalue weighted by molar-refractivity contribution is 5.85. The Morgan fingerprint density at radius 3 is 2.28 bits per heavy atom. The number of carbonyl (C=O) groups is 1. The maximum absolute atomic E-state index is 12.4. The molecule has 1 atom stereocenters. The van der Waals surface area contributed by atoms with E-state index < -0.39 is 12.1 Å². The summed E-state index contributed by atoms with van der Waals surface area (Å²) >= 11 is 0. The minimum Gasteiger partial charge on any atom is -0.343 e. The molecule has 1 aliphatic rings. The summed E-state index contributed by atoms with van der Waals surface area (Å²) in [6, 6.07) is -0.0494.